The van der Waals surface area contributed by atoms with Gasteiger partial charge in [-0.1, -0.05) is 6.07 Å². The highest BCUT2D eigenvalue weighted by atomic mass is 16.5. The van der Waals surface area contributed by atoms with E-state index in [9.17, 15) is 9.59 Å². The van der Waals surface area contributed by atoms with E-state index in [2.05, 4.69) is 22.0 Å². The molecular formula is C21H22N4O3. The molecule has 0 bridgehead atoms. The van der Waals surface area contributed by atoms with E-state index in [1.807, 2.05) is 0 Å². The molecule has 0 aliphatic heterocycles. The summed E-state index contributed by atoms with van der Waals surface area (Å²) in [6.07, 6.45) is 3.16. The molecule has 0 unspecified atom stereocenters. The molecule has 0 saturated heterocycles. The lowest BCUT2D eigenvalue weighted by Crippen LogP contribution is -2.30. The normalized spacial score (nSPS) is 12.5. The second-order valence-electron chi connectivity index (χ2n) is 6.54. The van der Waals surface area contributed by atoms with Crippen molar-refractivity contribution in [3.8, 4) is 11.8 Å². The number of nitriles is 1. The van der Waals surface area contributed by atoms with Crippen molar-refractivity contribution in [3.05, 3.63) is 54.1 Å². The molecule has 7 nitrogen and oxygen atoms in total. The van der Waals surface area contributed by atoms with Crippen LogP contribution in [-0.2, 0) is 0 Å². The van der Waals surface area contributed by atoms with Gasteiger partial charge in [-0.15, -0.1) is 0 Å². The van der Waals surface area contributed by atoms with Crippen molar-refractivity contribution >= 4 is 23.3 Å². The summed E-state index contributed by atoms with van der Waals surface area (Å²) in [7, 11) is 0. The summed E-state index contributed by atoms with van der Waals surface area (Å²) < 4.78 is 5.57. The van der Waals surface area contributed by atoms with E-state index >= 15 is 0 Å². The molecule has 0 aromatic heterocycles. The van der Waals surface area contributed by atoms with Gasteiger partial charge in [0.1, 0.15) is 5.75 Å². The van der Waals surface area contributed by atoms with Crippen LogP contribution in [0.1, 0.15) is 36.0 Å². The van der Waals surface area contributed by atoms with Gasteiger partial charge in [-0.25, -0.2) is 4.79 Å². The Morgan fingerprint density at radius 3 is 2.57 bits per heavy atom. The summed E-state index contributed by atoms with van der Waals surface area (Å²) in [5.41, 5.74) is 1.73. The molecule has 0 atom stereocenters. The molecule has 3 rings (SSSR count). The standard InChI is InChI=1S/C21H22N4O3/c22-12-1-2-13-28-19-5-3-4-18(14-19)23-20(26)15-6-8-16(9-7-15)24-21(27)25-17-10-11-17/h3-9,14,17H,1-2,10-11,13H2,(H,23,26)(H2,24,25,27). The van der Waals surface area contributed by atoms with Gasteiger partial charge in [0, 0.05) is 35.5 Å². The van der Waals surface area contributed by atoms with Gasteiger partial charge in [-0.2, -0.15) is 5.26 Å². The van der Waals surface area contributed by atoms with Gasteiger partial charge < -0.3 is 20.7 Å². The molecule has 1 aliphatic rings. The zero-order chi connectivity index (χ0) is 19.8. The maximum absolute atomic E-state index is 12.4. The number of ether oxygens (including phenoxy) is 1. The lowest BCUT2D eigenvalue weighted by Gasteiger charge is -2.10. The zero-order valence-electron chi connectivity index (χ0n) is 15.4. The van der Waals surface area contributed by atoms with Crippen molar-refractivity contribution in [3.63, 3.8) is 0 Å². The molecule has 2 aromatic rings. The van der Waals surface area contributed by atoms with E-state index in [0.717, 1.165) is 12.8 Å². The molecule has 1 fully saturated rings. The first-order valence-corrected chi connectivity index (χ1v) is 9.23. The van der Waals surface area contributed by atoms with Crippen LogP contribution in [-0.4, -0.2) is 24.6 Å². The third-order valence-corrected chi connectivity index (χ3v) is 4.11. The van der Waals surface area contributed by atoms with Crippen LogP contribution in [0.2, 0.25) is 0 Å². The Bertz CT molecular complexity index is 870. The van der Waals surface area contributed by atoms with Gasteiger partial charge in [0.05, 0.1) is 12.7 Å². The van der Waals surface area contributed by atoms with Crippen LogP contribution >= 0.6 is 0 Å². The molecule has 1 saturated carbocycles. The number of benzene rings is 2. The van der Waals surface area contributed by atoms with Crippen molar-refractivity contribution < 1.29 is 14.3 Å². The summed E-state index contributed by atoms with van der Waals surface area (Å²) in [6, 6.07) is 15.9. The molecule has 144 valence electrons. The molecule has 0 spiro atoms. The average Bonchev–Trinajstić information content (AvgIpc) is 3.50. The monoisotopic (exact) mass is 378 g/mol. The average molecular weight is 378 g/mol. The number of unbranched alkanes of at least 4 members (excludes halogenated alkanes) is 1. The first-order valence-electron chi connectivity index (χ1n) is 9.23. The van der Waals surface area contributed by atoms with Gasteiger partial charge in [-0.3, -0.25) is 4.79 Å². The van der Waals surface area contributed by atoms with Crippen LogP contribution in [0.3, 0.4) is 0 Å². The maximum atomic E-state index is 12.4. The zero-order valence-corrected chi connectivity index (χ0v) is 15.4. The molecule has 1 aliphatic carbocycles. The molecule has 0 heterocycles. The molecular weight excluding hydrogens is 356 g/mol. The SMILES string of the molecule is N#CCCCOc1cccc(NC(=O)c2ccc(NC(=O)NC3CC3)cc2)c1. The predicted molar refractivity (Wildman–Crippen MR) is 106 cm³/mol. The lowest BCUT2D eigenvalue weighted by molar-refractivity contribution is 0.102. The number of nitrogens with one attached hydrogen (secondary N) is 3. The summed E-state index contributed by atoms with van der Waals surface area (Å²) in [6.45, 7) is 0.452. The Morgan fingerprint density at radius 2 is 1.86 bits per heavy atom. The van der Waals surface area contributed by atoms with Gasteiger partial charge in [-0.05, 0) is 55.7 Å². The van der Waals surface area contributed by atoms with Gasteiger partial charge in [0.2, 0.25) is 0 Å². The smallest absolute Gasteiger partial charge is 0.319 e. The molecule has 3 N–H and O–H groups in total. The highest BCUT2D eigenvalue weighted by molar-refractivity contribution is 6.04. The Hall–Kier alpha value is -3.53. The number of hydrogen-bond donors (Lipinski definition) is 3. The Kier molecular flexibility index (Phi) is 6.47. The van der Waals surface area contributed by atoms with E-state index in [-0.39, 0.29) is 18.0 Å². The van der Waals surface area contributed by atoms with E-state index < -0.39 is 0 Å². The molecule has 7 heteroatoms. The summed E-state index contributed by atoms with van der Waals surface area (Å²) in [4.78, 5) is 24.2. The fraction of sp³-hybridized carbons (Fsp3) is 0.286. The molecule has 3 amide bonds. The van der Waals surface area contributed by atoms with E-state index in [1.165, 1.54) is 0 Å². The Morgan fingerprint density at radius 1 is 1.07 bits per heavy atom. The van der Waals surface area contributed by atoms with E-state index in [4.69, 9.17) is 10.00 Å². The first kappa shape index (κ1) is 19.2. The fourth-order valence-corrected chi connectivity index (χ4v) is 2.49. The number of rotatable bonds is 8. The maximum Gasteiger partial charge on any atom is 0.319 e. The third-order valence-electron chi connectivity index (χ3n) is 4.11. The summed E-state index contributed by atoms with van der Waals surface area (Å²) in [5.74, 6) is 0.382. The summed E-state index contributed by atoms with van der Waals surface area (Å²) in [5, 5.41) is 16.9. The second-order valence-corrected chi connectivity index (χ2v) is 6.54. The van der Waals surface area contributed by atoms with E-state index in [0.29, 0.717) is 42.1 Å². The van der Waals surface area contributed by atoms with Crippen LogP contribution in [0.4, 0.5) is 16.2 Å². The van der Waals surface area contributed by atoms with Crippen LogP contribution in [0.5, 0.6) is 5.75 Å². The predicted octanol–water partition coefficient (Wildman–Crippen LogP) is 3.91. The van der Waals surface area contributed by atoms with Crippen molar-refractivity contribution in [2.45, 2.75) is 31.7 Å². The van der Waals surface area contributed by atoms with Gasteiger partial charge in [0.15, 0.2) is 0 Å². The number of carbonyl (C=O) groups excluding carboxylic acids is 2. The topological polar surface area (TPSA) is 103 Å². The number of amides is 3. The highest BCUT2D eigenvalue weighted by Crippen LogP contribution is 2.20. The minimum atomic E-state index is -0.254. The number of anilines is 2. The highest BCUT2D eigenvalue weighted by Gasteiger charge is 2.23. The van der Waals surface area contributed by atoms with Crippen LogP contribution in [0.25, 0.3) is 0 Å². The number of nitrogens with zero attached hydrogens (tertiary/aromatic N) is 1. The quantitative estimate of drug-likeness (QED) is 0.606. The Balaban J connectivity index is 1.52. The number of carbonyl (C=O) groups is 2. The third kappa shape index (κ3) is 6.02. The van der Waals surface area contributed by atoms with Crippen LogP contribution < -0.4 is 20.7 Å². The van der Waals surface area contributed by atoms with Crippen molar-refractivity contribution in [2.75, 3.05) is 17.2 Å². The number of hydrogen-bond acceptors (Lipinski definition) is 4. The molecule has 0 radical (unpaired) electrons. The van der Waals surface area contributed by atoms with Crippen molar-refractivity contribution in [1.82, 2.24) is 5.32 Å². The molecule has 2 aromatic carbocycles. The largest absolute Gasteiger partial charge is 0.493 e. The van der Waals surface area contributed by atoms with Crippen molar-refractivity contribution in [1.29, 1.82) is 5.26 Å². The summed E-state index contributed by atoms with van der Waals surface area (Å²) >= 11 is 0. The second kappa shape index (κ2) is 9.42. The first-order chi connectivity index (χ1) is 13.6. The van der Waals surface area contributed by atoms with E-state index in [1.54, 1.807) is 48.5 Å². The Labute approximate surface area is 163 Å². The van der Waals surface area contributed by atoms with Crippen LogP contribution in [0.15, 0.2) is 48.5 Å². The lowest BCUT2D eigenvalue weighted by atomic mass is 10.2. The number of urea groups is 1. The van der Waals surface area contributed by atoms with Crippen LogP contribution in [0, 0.1) is 11.3 Å². The molecule has 28 heavy (non-hydrogen) atoms. The fourth-order valence-electron chi connectivity index (χ4n) is 2.49. The van der Waals surface area contributed by atoms with Crippen molar-refractivity contribution in [2.24, 2.45) is 0 Å². The minimum absolute atomic E-state index is 0.230. The van der Waals surface area contributed by atoms with Gasteiger partial charge >= 0.3 is 6.03 Å². The minimum Gasteiger partial charge on any atom is -0.493 e. The van der Waals surface area contributed by atoms with Gasteiger partial charge in [0.25, 0.3) is 5.91 Å².